The molecule has 0 aromatic carbocycles. The first-order chi connectivity index (χ1) is 10.6. The molecule has 0 aliphatic carbocycles. The maximum atomic E-state index is 12.6. The lowest BCUT2D eigenvalue weighted by molar-refractivity contribution is 0.128. The first kappa shape index (κ1) is 16.8. The van der Waals surface area contributed by atoms with E-state index in [-0.39, 0.29) is 12.1 Å². The van der Waals surface area contributed by atoms with Gasteiger partial charge in [0.15, 0.2) is 0 Å². The van der Waals surface area contributed by atoms with Crippen molar-refractivity contribution in [2.24, 2.45) is 0 Å². The minimum atomic E-state index is -0.0460. The standard InChI is InChI=1S/C16H28N4O2/c1-5-13(6-2)20-15(12(3)10-17-20)18-16(21)19-9-7-8-14(19)11-22-4/h10,13-14H,5-9,11H2,1-4H3,(H,18,21)/t14-/m0/s1. The van der Waals surface area contributed by atoms with Gasteiger partial charge in [0.2, 0.25) is 0 Å². The van der Waals surface area contributed by atoms with E-state index in [9.17, 15) is 4.79 Å². The van der Waals surface area contributed by atoms with E-state index in [2.05, 4.69) is 24.3 Å². The fourth-order valence-electron chi connectivity index (χ4n) is 3.16. The maximum absolute atomic E-state index is 12.6. The van der Waals surface area contributed by atoms with Crippen LogP contribution in [-0.4, -0.2) is 47.0 Å². The molecule has 6 nitrogen and oxygen atoms in total. The molecule has 1 fully saturated rings. The highest BCUT2D eigenvalue weighted by atomic mass is 16.5. The van der Waals surface area contributed by atoms with Crippen molar-refractivity contribution in [3.63, 3.8) is 0 Å². The highest BCUT2D eigenvalue weighted by molar-refractivity contribution is 5.89. The summed E-state index contributed by atoms with van der Waals surface area (Å²) >= 11 is 0. The van der Waals surface area contributed by atoms with Crippen LogP contribution >= 0.6 is 0 Å². The number of rotatable bonds is 6. The summed E-state index contributed by atoms with van der Waals surface area (Å²) in [5.74, 6) is 0.821. The van der Waals surface area contributed by atoms with Crippen molar-refractivity contribution in [3.8, 4) is 0 Å². The molecule has 124 valence electrons. The van der Waals surface area contributed by atoms with E-state index >= 15 is 0 Å². The Morgan fingerprint density at radius 2 is 2.23 bits per heavy atom. The van der Waals surface area contributed by atoms with Gasteiger partial charge in [-0.2, -0.15) is 5.10 Å². The Labute approximate surface area is 132 Å². The van der Waals surface area contributed by atoms with E-state index in [1.54, 1.807) is 7.11 Å². The Bertz CT molecular complexity index is 496. The zero-order chi connectivity index (χ0) is 16.1. The zero-order valence-corrected chi connectivity index (χ0v) is 14.1. The average Bonchev–Trinajstić information content (AvgIpc) is 3.10. The predicted molar refractivity (Wildman–Crippen MR) is 87.2 cm³/mol. The number of aryl methyl sites for hydroxylation is 1. The van der Waals surface area contributed by atoms with Crippen LogP contribution < -0.4 is 5.32 Å². The number of nitrogens with one attached hydrogen (secondary N) is 1. The topological polar surface area (TPSA) is 59.4 Å². The summed E-state index contributed by atoms with van der Waals surface area (Å²) < 4.78 is 7.18. The molecule has 1 aromatic rings. The van der Waals surface area contributed by atoms with Crippen molar-refractivity contribution in [2.45, 2.75) is 58.5 Å². The van der Waals surface area contributed by atoms with E-state index in [1.165, 1.54) is 0 Å². The minimum absolute atomic E-state index is 0.0460. The smallest absolute Gasteiger partial charge is 0.323 e. The van der Waals surface area contributed by atoms with Crippen molar-refractivity contribution in [1.82, 2.24) is 14.7 Å². The third-order valence-corrected chi connectivity index (χ3v) is 4.49. The summed E-state index contributed by atoms with van der Waals surface area (Å²) in [5.41, 5.74) is 1.00. The molecular weight excluding hydrogens is 280 g/mol. The molecule has 0 spiro atoms. The molecule has 1 aromatic heterocycles. The van der Waals surface area contributed by atoms with Crippen LogP contribution in [0.1, 0.15) is 51.1 Å². The first-order valence-corrected chi connectivity index (χ1v) is 8.22. The quantitative estimate of drug-likeness (QED) is 0.878. The van der Waals surface area contributed by atoms with Crippen LogP contribution in [0.5, 0.6) is 0 Å². The average molecular weight is 308 g/mol. The van der Waals surface area contributed by atoms with Gasteiger partial charge < -0.3 is 9.64 Å². The van der Waals surface area contributed by atoms with Gasteiger partial charge in [-0.3, -0.25) is 5.32 Å². The molecule has 0 bridgehead atoms. The molecule has 1 aliphatic rings. The minimum Gasteiger partial charge on any atom is -0.383 e. The van der Waals surface area contributed by atoms with Gasteiger partial charge in [-0.05, 0) is 32.6 Å². The van der Waals surface area contributed by atoms with Crippen molar-refractivity contribution >= 4 is 11.8 Å². The lowest BCUT2D eigenvalue weighted by Gasteiger charge is -2.25. The van der Waals surface area contributed by atoms with Gasteiger partial charge in [0.25, 0.3) is 0 Å². The summed E-state index contributed by atoms with van der Waals surface area (Å²) in [6.07, 6.45) is 5.86. The second-order valence-electron chi connectivity index (χ2n) is 5.97. The van der Waals surface area contributed by atoms with Gasteiger partial charge in [0.1, 0.15) is 5.82 Å². The SMILES string of the molecule is CCC(CC)n1ncc(C)c1NC(=O)N1CCC[C@H]1COC. The molecule has 0 saturated carbocycles. The van der Waals surface area contributed by atoms with Crippen LogP contribution in [0.4, 0.5) is 10.6 Å². The van der Waals surface area contributed by atoms with Crippen molar-refractivity contribution in [2.75, 3.05) is 25.6 Å². The zero-order valence-electron chi connectivity index (χ0n) is 14.1. The predicted octanol–water partition coefficient (Wildman–Crippen LogP) is 3.20. The van der Waals surface area contributed by atoms with Crippen LogP contribution in [0.25, 0.3) is 0 Å². The molecule has 0 unspecified atom stereocenters. The molecule has 2 rings (SSSR count). The number of nitrogens with zero attached hydrogens (tertiary/aromatic N) is 3. The van der Waals surface area contributed by atoms with Gasteiger partial charge in [0.05, 0.1) is 24.9 Å². The van der Waals surface area contributed by atoms with Crippen molar-refractivity contribution in [1.29, 1.82) is 0 Å². The summed E-state index contributed by atoms with van der Waals surface area (Å²) in [6.45, 7) is 7.66. The summed E-state index contributed by atoms with van der Waals surface area (Å²) in [6, 6.07) is 0.447. The Hall–Kier alpha value is -1.56. The molecular formula is C16H28N4O2. The van der Waals surface area contributed by atoms with Gasteiger partial charge in [-0.25, -0.2) is 9.48 Å². The number of ether oxygens (including phenoxy) is 1. The fraction of sp³-hybridized carbons (Fsp3) is 0.750. The lowest BCUT2D eigenvalue weighted by atomic mass is 10.2. The van der Waals surface area contributed by atoms with E-state index in [0.29, 0.717) is 12.6 Å². The number of methoxy groups -OCH3 is 1. The molecule has 2 heterocycles. The molecule has 1 aliphatic heterocycles. The molecule has 0 radical (unpaired) electrons. The number of carbonyl (C=O) groups excluding carboxylic acids is 1. The van der Waals surface area contributed by atoms with Gasteiger partial charge in [0, 0.05) is 19.2 Å². The summed E-state index contributed by atoms with van der Waals surface area (Å²) in [4.78, 5) is 14.5. The molecule has 6 heteroatoms. The van der Waals surface area contributed by atoms with Gasteiger partial charge in [-0.15, -0.1) is 0 Å². The van der Waals surface area contributed by atoms with Crippen LogP contribution in [0.3, 0.4) is 0 Å². The Kier molecular flexibility index (Phi) is 5.83. The highest BCUT2D eigenvalue weighted by Crippen LogP contribution is 2.25. The van der Waals surface area contributed by atoms with Gasteiger partial charge >= 0.3 is 6.03 Å². The van der Waals surface area contributed by atoms with Crippen LogP contribution in [-0.2, 0) is 4.74 Å². The summed E-state index contributed by atoms with van der Waals surface area (Å²) in [5, 5.41) is 7.52. The van der Waals surface area contributed by atoms with Gasteiger partial charge in [-0.1, -0.05) is 13.8 Å². The normalized spacial score (nSPS) is 18.2. The van der Waals surface area contributed by atoms with Crippen LogP contribution in [0.2, 0.25) is 0 Å². The van der Waals surface area contributed by atoms with Crippen LogP contribution in [0, 0.1) is 6.92 Å². The molecule has 1 N–H and O–H groups in total. The van der Waals surface area contributed by atoms with Crippen molar-refractivity contribution < 1.29 is 9.53 Å². The largest absolute Gasteiger partial charge is 0.383 e. The van der Waals surface area contributed by atoms with E-state index in [0.717, 1.165) is 43.6 Å². The Morgan fingerprint density at radius 3 is 2.86 bits per heavy atom. The molecule has 1 atom stereocenters. The highest BCUT2D eigenvalue weighted by Gasteiger charge is 2.29. The third kappa shape index (κ3) is 3.43. The second kappa shape index (κ2) is 7.63. The second-order valence-corrected chi connectivity index (χ2v) is 5.97. The number of aromatic nitrogens is 2. The number of urea groups is 1. The summed E-state index contributed by atoms with van der Waals surface area (Å²) in [7, 11) is 1.68. The first-order valence-electron chi connectivity index (χ1n) is 8.22. The molecule has 22 heavy (non-hydrogen) atoms. The number of amides is 2. The number of anilines is 1. The maximum Gasteiger partial charge on any atom is 0.323 e. The number of hydrogen-bond donors (Lipinski definition) is 1. The van der Waals surface area contributed by atoms with E-state index in [4.69, 9.17) is 4.74 Å². The molecule has 1 saturated heterocycles. The van der Waals surface area contributed by atoms with Crippen LogP contribution in [0.15, 0.2) is 6.20 Å². The Morgan fingerprint density at radius 1 is 1.50 bits per heavy atom. The van der Waals surface area contributed by atoms with E-state index in [1.807, 2.05) is 22.7 Å². The third-order valence-electron chi connectivity index (χ3n) is 4.49. The molecule has 2 amide bonds. The fourth-order valence-corrected chi connectivity index (χ4v) is 3.16. The van der Waals surface area contributed by atoms with E-state index < -0.39 is 0 Å². The number of likely N-dealkylation sites (tertiary alicyclic amines) is 1. The van der Waals surface area contributed by atoms with Crippen molar-refractivity contribution in [3.05, 3.63) is 11.8 Å². The number of hydrogen-bond acceptors (Lipinski definition) is 3. The lowest BCUT2D eigenvalue weighted by Crippen LogP contribution is -2.41. The monoisotopic (exact) mass is 308 g/mol. The number of carbonyl (C=O) groups is 1. The Balaban J connectivity index is 2.13.